The van der Waals surface area contributed by atoms with Crippen molar-refractivity contribution in [2.24, 2.45) is 0 Å². The molecule has 0 atom stereocenters. The third-order valence-corrected chi connectivity index (χ3v) is 5.95. The first-order valence-corrected chi connectivity index (χ1v) is 10.4. The van der Waals surface area contributed by atoms with Crippen LogP contribution in [0.4, 0.5) is 14.5 Å². The topological polar surface area (TPSA) is 35.6 Å². The Balaban J connectivity index is 1.25. The van der Waals surface area contributed by atoms with Gasteiger partial charge in [0.2, 0.25) is 0 Å². The maximum absolute atomic E-state index is 13.4. The van der Waals surface area contributed by atoms with Gasteiger partial charge in [-0.15, -0.1) is 0 Å². The van der Waals surface area contributed by atoms with Crippen LogP contribution in [0.5, 0.6) is 0 Å². The Morgan fingerprint density at radius 2 is 1.62 bits per heavy atom. The van der Waals surface area contributed by atoms with Gasteiger partial charge in [0.05, 0.1) is 0 Å². The third kappa shape index (κ3) is 4.75. The summed E-state index contributed by atoms with van der Waals surface area (Å²) in [7, 11) is 0. The molecule has 2 aliphatic rings. The van der Waals surface area contributed by atoms with E-state index in [-0.39, 0.29) is 5.91 Å². The maximum atomic E-state index is 13.4. The lowest BCUT2D eigenvalue weighted by atomic mass is 10.0. The molecule has 0 aromatic heterocycles. The highest BCUT2D eigenvalue weighted by Gasteiger charge is 2.21. The highest BCUT2D eigenvalue weighted by atomic mass is 19.2. The highest BCUT2D eigenvalue weighted by Crippen LogP contribution is 2.22. The van der Waals surface area contributed by atoms with Gasteiger partial charge in [-0.2, -0.15) is 0 Å². The molecule has 2 aromatic rings. The van der Waals surface area contributed by atoms with Crippen molar-refractivity contribution in [3.05, 3.63) is 65.2 Å². The van der Waals surface area contributed by atoms with Crippen molar-refractivity contribution in [3.63, 3.8) is 0 Å². The minimum atomic E-state index is -0.807. The molecule has 0 saturated carbocycles. The summed E-state index contributed by atoms with van der Waals surface area (Å²) >= 11 is 0. The van der Waals surface area contributed by atoms with Gasteiger partial charge in [-0.1, -0.05) is 12.1 Å². The van der Waals surface area contributed by atoms with Crippen LogP contribution in [0.15, 0.2) is 42.5 Å². The number of hydrogen-bond acceptors (Lipinski definition) is 3. The van der Waals surface area contributed by atoms with Crippen molar-refractivity contribution in [2.75, 3.05) is 31.1 Å². The number of amides is 1. The van der Waals surface area contributed by atoms with Gasteiger partial charge in [0.25, 0.3) is 5.91 Å². The number of nitrogens with zero attached hydrogens (tertiary/aromatic N) is 2. The predicted molar refractivity (Wildman–Crippen MR) is 110 cm³/mol. The van der Waals surface area contributed by atoms with E-state index in [1.165, 1.54) is 12.1 Å². The third-order valence-electron chi connectivity index (χ3n) is 5.95. The van der Waals surface area contributed by atoms with Crippen molar-refractivity contribution in [1.82, 2.24) is 10.2 Å². The molecule has 4 rings (SSSR count). The molecule has 0 aliphatic carbocycles. The van der Waals surface area contributed by atoms with Crippen LogP contribution in [0.25, 0.3) is 0 Å². The second-order valence-electron chi connectivity index (χ2n) is 7.94. The van der Waals surface area contributed by atoms with E-state index in [4.69, 9.17) is 0 Å². The van der Waals surface area contributed by atoms with E-state index in [0.29, 0.717) is 6.04 Å². The van der Waals surface area contributed by atoms with Gasteiger partial charge in [0.1, 0.15) is 0 Å². The molecule has 4 nitrogen and oxygen atoms in total. The molecule has 2 fully saturated rings. The van der Waals surface area contributed by atoms with Gasteiger partial charge in [-0.25, -0.2) is 8.78 Å². The number of nitrogens with one attached hydrogen (secondary N) is 1. The van der Waals surface area contributed by atoms with Crippen LogP contribution in [0.3, 0.4) is 0 Å². The molecule has 0 radical (unpaired) electrons. The molecule has 2 saturated heterocycles. The normalized spacial score (nSPS) is 17.7. The SMILES string of the molecule is O=C(c1ccc(CNC2CCN(c3ccc(F)c(F)c3)CC2)cc1)N1CCCC1. The lowest BCUT2D eigenvalue weighted by Gasteiger charge is -2.34. The minimum absolute atomic E-state index is 0.131. The van der Waals surface area contributed by atoms with Crippen LogP contribution in [0, 0.1) is 11.6 Å². The van der Waals surface area contributed by atoms with E-state index in [0.717, 1.165) is 75.2 Å². The van der Waals surface area contributed by atoms with Crippen LogP contribution in [-0.2, 0) is 6.54 Å². The average Bonchev–Trinajstić information content (AvgIpc) is 3.29. The Bertz CT molecular complexity index is 842. The molecule has 2 aliphatic heterocycles. The van der Waals surface area contributed by atoms with Crippen molar-refractivity contribution in [3.8, 4) is 0 Å². The first-order valence-electron chi connectivity index (χ1n) is 10.4. The summed E-state index contributed by atoms with van der Waals surface area (Å²) in [4.78, 5) is 16.4. The van der Waals surface area contributed by atoms with Crippen molar-refractivity contribution in [2.45, 2.75) is 38.3 Å². The molecule has 1 amide bonds. The summed E-state index contributed by atoms with van der Waals surface area (Å²) in [6.07, 6.45) is 4.10. The number of carbonyl (C=O) groups is 1. The minimum Gasteiger partial charge on any atom is -0.371 e. The standard InChI is InChI=1S/C23H27F2N3O/c24-21-8-7-20(15-22(21)25)27-13-9-19(10-14-27)26-16-17-3-5-18(6-4-17)23(29)28-11-1-2-12-28/h3-8,15,19,26H,1-2,9-14,16H2. The zero-order valence-electron chi connectivity index (χ0n) is 16.5. The van der Waals surface area contributed by atoms with Crippen molar-refractivity contribution >= 4 is 11.6 Å². The molecular weight excluding hydrogens is 372 g/mol. The van der Waals surface area contributed by atoms with Gasteiger partial charge >= 0.3 is 0 Å². The largest absolute Gasteiger partial charge is 0.371 e. The lowest BCUT2D eigenvalue weighted by molar-refractivity contribution is 0.0793. The van der Waals surface area contributed by atoms with E-state index in [9.17, 15) is 13.6 Å². The molecule has 2 heterocycles. The number of benzene rings is 2. The Morgan fingerprint density at radius 3 is 2.28 bits per heavy atom. The average molecular weight is 399 g/mol. The number of likely N-dealkylation sites (tertiary alicyclic amines) is 1. The predicted octanol–water partition coefficient (Wildman–Crippen LogP) is 3.96. The second-order valence-corrected chi connectivity index (χ2v) is 7.94. The Kier molecular flexibility index (Phi) is 6.09. The number of carbonyl (C=O) groups excluding carboxylic acids is 1. The number of rotatable bonds is 5. The fourth-order valence-corrected chi connectivity index (χ4v) is 4.15. The lowest BCUT2D eigenvalue weighted by Crippen LogP contribution is -2.42. The van der Waals surface area contributed by atoms with E-state index in [2.05, 4.69) is 10.2 Å². The molecular formula is C23H27F2N3O. The number of halogens is 2. The molecule has 2 aromatic carbocycles. The van der Waals surface area contributed by atoms with Crippen molar-refractivity contribution < 1.29 is 13.6 Å². The highest BCUT2D eigenvalue weighted by molar-refractivity contribution is 5.94. The zero-order valence-corrected chi connectivity index (χ0v) is 16.5. The van der Waals surface area contributed by atoms with Gasteiger partial charge in [-0.05, 0) is 55.5 Å². The van der Waals surface area contributed by atoms with Crippen LogP contribution in [0.1, 0.15) is 41.6 Å². The van der Waals surface area contributed by atoms with Gasteiger partial charge in [0.15, 0.2) is 11.6 Å². The van der Waals surface area contributed by atoms with Crippen LogP contribution >= 0.6 is 0 Å². The van der Waals surface area contributed by atoms with Gasteiger partial charge < -0.3 is 15.1 Å². The molecule has 0 spiro atoms. The summed E-state index contributed by atoms with van der Waals surface area (Å²) in [6, 6.07) is 12.4. The molecule has 0 unspecified atom stereocenters. The number of piperidine rings is 1. The molecule has 6 heteroatoms. The van der Waals surface area contributed by atoms with Crippen LogP contribution in [-0.4, -0.2) is 43.0 Å². The smallest absolute Gasteiger partial charge is 0.253 e. The Morgan fingerprint density at radius 1 is 0.931 bits per heavy atom. The van der Waals surface area contributed by atoms with Crippen LogP contribution in [0.2, 0.25) is 0 Å². The second kappa shape index (κ2) is 8.91. The number of anilines is 1. The first kappa shape index (κ1) is 19.8. The Labute approximate surface area is 170 Å². The van der Waals surface area contributed by atoms with Gasteiger partial charge in [-0.3, -0.25) is 4.79 Å². The Hall–Kier alpha value is -2.47. The summed E-state index contributed by atoms with van der Waals surface area (Å²) < 4.78 is 26.6. The summed E-state index contributed by atoms with van der Waals surface area (Å²) in [5.41, 5.74) is 2.65. The molecule has 154 valence electrons. The maximum Gasteiger partial charge on any atom is 0.253 e. The molecule has 1 N–H and O–H groups in total. The first-order chi connectivity index (χ1) is 14.1. The monoisotopic (exact) mass is 399 g/mol. The van der Waals surface area contributed by atoms with E-state index >= 15 is 0 Å². The fraction of sp³-hybridized carbons (Fsp3) is 0.435. The van der Waals surface area contributed by atoms with Crippen LogP contribution < -0.4 is 10.2 Å². The summed E-state index contributed by atoms with van der Waals surface area (Å²) in [6.45, 7) is 4.11. The quantitative estimate of drug-likeness (QED) is 0.827. The molecule has 29 heavy (non-hydrogen) atoms. The fourth-order valence-electron chi connectivity index (χ4n) is 4.15. The molecule has 0 bridgehead atoms. The van der Waals surface area contributed by atoms with Gasteiger partial charge in [0, 0.05) is 56.1 Å². The zero-order chi connectivity index (χ0) is 20.2. The van der Waals surface area contributed by atoms with E-state index in [1.807, 2.05) is 29.2 Å². The summed E-state index contributed by atoms with van der Waals surface area (Å²) in [5.74, 6) is -1.47. The summed E-state index contributed by atoms with van der Waals surface area (Å²) in [5, 5.41) is 3.58. The van der Waals surface area contributed by atoms with E-state index in [1.54, 1.807) is 6.07 Å². The van der Waals surface area contributed by atoms with E-state index < -0.39 is 11.6 Å². The number of hydrogen-bond donors (Lipinski definition) is 1. The van der Waals surface area contributed by atoms with Crippen molar-refractivity contribution in [1.29, 1.82) is 0 Å².